The number of nitrogens with zero attached hydrogens (tertiary/aromatic N) is 2. The lowest BCUT2D eigenvalue weighted by Gasteiger charge is -2.16. The van der Waals surface area contributed by atoms with E-state index in [-0.39, 0.29) is 5.92 Å². The van der Waals surface area contributed by atoms with Crippen LogP contribution in [0.1, 0.15) is 13.3 Å². The summed E-state index contributed by atoms with van der Waals surface area (Å²) in [4.78, 5) is 16.0. The van der Waals surface area contributed by atoms with E-state index in [1.165, 1.54) is 7.11 Å². The van der Waals surface area contributed by atoms with Crippen molar-refractivity contribution in [2.24, 2.45) is 16.8 Å². The molecule has 0 fully saturated rings. The van der Waals surface area contributed by atoms with E-state index in [1.54, 1.807) is 6.92 Å². The van der Waals surface area contributed by atoms with Crippen molar-refractivity contribution in [3.8, 4) is 6.07 Å². The summed E-state index contributed by atoms with van der Waals surface area (Å²) in [7, 11) is 1.28. The molecule has 82 valence electrons. The maximum Gasteiger partial charge on any atom is 0.323 e. The molecule has 6 nitrogen and oxygen atoms in total. The first-order valence-electron chi connectivity index (χ1n) is 4.55. The molecule has 1 aliphatic rings. The van der Waals surface area contributed by atoms with Gasteiger partial charge in [0, 0.05) is 12.3 Å². The third-order valence-electron chi connectivity index (χ3n) is 2.37. The molecule has 0 saturated heterocycles. The van der Waals surface area contributed by atoms with Gasteiger partial charge in [0.15, 0.2) is 0 Å². The second-order valence-electron chi connectivity index (χ2n) is 3.35. The number of carbonyl (C=O) groups excluding carboxylic acids is 1. The largest absolute Gasteiger partial charge is 0.468 e. The molecule has 0 spiro atoms. The van der Waals surface area contributed by atoms with Crippen molar-refractivity contribution < 1.29 is 14.4 Å². The highest BCUT2D eigenvalue weighted by atomic mass is 16.6. The third-order valence-corrected chi connectivity index (χ3v) is 2.37. The number of carbonyl (C=O) groups is 1. The van der Waals surface area contributed by atoms with Crippen molar-refractivity contribution in [1.29, 1.82) is 5.26 Å². The van der Waals surface area contributed by atoms with Crippen LogP contribution in [-0.2, 0) is 14.4 Å². The molecular formula is C9H13N3O3. The van der Waals surface area contributed by atoms with Gasteiger partial charge >= 0.3 is 5.97 Å². The smallest absolute Gasteiger partial charge is 0.323 e. The number of oxime groups is 1. The van der Waals surface area contributed by atoms with Crippen LogP contribution in [0, 0.1) is 17.2 Å². The van der Waals surface area contributed by atoms with Crippen LogP contribution in [0.5, 0.6) is 0 Å². The maximum absolute atomic E-state index is 11.2. The highest BCUT2D eigenvalue weighted by Gasteiger charge is 2.31. The van der Waals surface area contributed by atoms with Crippen LogP contribution in [0.15, 0.2) is 5.16 Å². The van der Waals surface area contributed by atoms with Crippen LogP contribution in [0.3, 0.4) is 0 Å². The predicted octanol–water partition coefficient (Wildman–Crippen LogP) is -0.209. The molecule has 15 heavy (non-hydrogen) atoms. The molecule has 0 radical (unpaired) electrons. The van der Waals surface area contributed by atoms with Gasteiger partial charge in [-0.3, -0.25) is 4.79 Å². The van der Waals surface area contributed by atoms with E-state index in [4.69, 9.17) is 15.8 Å². The van der Waals surface area contributed by atoms with Crippen molar-refractivity contribution >= 4 is 11.7 Å². The highest BCUT2D eigenvalue weighted by Crippen LogP contribution is 2.17. The molecule has 0 unspecified atom stereocenters. The van der Waals surface area contributed by atoms with Gasteiger partial charge in [-0.1, -0.05) is 12.1 Å². The van der Waals surface area contributed by atoms with E-state index in [9.17, 15) is 4.79 Å². The maximum atomic E-state index is 11.2. The Morgan fingerprint density at radius 2 is 2.53 bits per heavy atom. The Labute approximate surface area is 87.6 Å². The molecule has 6 heteroatoms. The molecule has 0 bridgehead atoms. The summed E-state index contributed by atoms with van der Waals surface area (Å²) in [5, 5.41) is 12.3. The number of rotatable bonds is 3. The fourth-order valence-electron chi connectivity index (χ4n) is 1.28. The number of nitrogens with two attached hydrogens (primary N) is 1. The molecular weight excluding hydrogens is 198 g/mol. The SMILES string of the molecule is COC(=O)[C@H](N)[C@H](C)C1=NO[C@H](C#N)C1. The van der Waals surface area contributed by atoms with Gasteiger partial charge in [-0.15, -0.1) is 0 Å². The predicted molar refractivity (Wildman–Crippen MR) is 51.7 cm³/mol. The van der Waals surface area contributed by atoms with Gasteiger partial charge in [0.1, 0.15) is 12.1 Å². The lowest BCUT2D eigenvalue weighted by Crippen LogP contribution is -2.41. The normalized spacial score (nSPS) is 23.3. The zero-order chi connectivity index (χ0) is 11.4. The molecule has 0 aromatic rings. The van der Waals surface area contributed by atoms with Crippen LogP contribution < -0.4 is 5.73 Å². The van der Waals surface area contributed by atoms with E-state index < -0.39 is 18.1 Å². The Morgan fingerprint density at radius 3 is 3.00 bits per heavy atom. The van der Waals surface area contributed by atoms with Crippen molar-refractivity contribution in [3.63, 3.8) is 0 Å². The van der Waals surface area contributed by atoms with Crippen LogP contribution in [0.4, 0.5) is 0 Å². The van der Waals surface area contributed by atoms with Gasteiger partial charge in [0.25, 0.3) is 0 Å². The first kappa shape index (κ1) is 11.5. The molecule has 0 aliphatic carbocycles. The van der Waals surface area contributed by atoms with Gasteiger partial charge in [0.2, 0.25) is 6.10 Å². The van der Waals surface area contributed by atoms with Crippen LogP contribution >= 0.6 is 0 Å². The summed E-state index contributed by atoms with van der Waals surface area (Å²) < 4.78 is 4.52. The molecule has 0 aromatic heterocycles. The monoisotopic (exact) mass is 211 g/mol. The zero-order valence-electron chi connectivity index (χ0n) is 8.64. The summed E-state index contributed by atoms with van der Waals surface area (Å²) in [5.74, 6) is -0.776. The number of esters is 1. The van der Waals surface area contributed by atoms with Crippen molar-refractivity contribution in [3.05, 3.63) is 0 Å². The fourth-order valence-corrected chi connectivity index (χ4v) is 1.28. The molecule has 0 amide bonds. The number of nitriles is 1. The van der Waals surface area contributed by atoms with E-state index >= 15 is 0 Å². The summed E-state index contributed by atoms with van der Waals surface area (Å²) in [6.07, 6.45) is -0.171. The molecule has 1 aliphatic heterocycles. The molecule has 1 rings (SSSR count). The van der Waals surface area contributed by atoms with Crippen LogP contribution in [-0.4, -0.2) is 30.9 Å². The minimum Gasteiger partial charge on any atom is -0.468 e. The van der Waals surface area contributed by atoms with E-state index in [1.807, 2.05) is 6.07 Å². The van der Waals surface area contributed by atoms with Crippen LogP contribution in [0.25, 0.3) is 0 Å². The van der Waals surface area contributed by atoms with E-state index in [2.05, 4.69) is 9.89 Å². The second-order valence-corrected chi connectivity index (χ2v) is 3.35. The first-order chi connectivity index (χ1) is 7.10. The number of ether oxygens (including phenoxy) is 1. The Kier molecular flexibility index (Phi) is 3.63. The lowest BCUT2D eigenvalue weighted by atomic mass is 9.94. The summed E-state index contributed by atoms with van der Waals surface area (Å²) in [6.45, 7) is 1.75. The molecule has 2 N–H and O–H groups in total. The minimum atomic E-state index is -0.769. The van der Waals surface area contributed by atoms with E-state index in [0.29, 0.717) is 12.1 Å². The summed E-state index contributed by atoms with van der Waals surface area (Å²) in [5.41, 5.74) is 6.27. The van der Waals surface area contributed by atoms with Gasteiger partial charge < -0.3 is 15.3 Å². The molecule has 1 heterocycles. The Balaban J connectivity index is 2.59. The molecule has 0 aromatic carbocycles. The fraction of sp³-hybridized carbons (Fsp3) is 0.667. The second kappa shape index (κ2) is 4.75. The summed E-state index contributed by atoms with van der Waals surface area (Å²) in [6, 6.07) is 1.17. The zero-order valence-corrected chi connectivity index (χ0v) is 8.64. The van der Waals surface area contributed by atoms with E-state index in [0.717, 1.165) is 0 Å². The third kappa shape index (κ3) is 2.44. The van der Waals surface area contributed by atoms with Crippen molar-refractivity contribution in [1.82, 2.24) is 0 Å². The topological polar surface area (TPSA) is 97.7 Å². The highest BCUT2D eigenvalue weighted by molar-refractivity contribution is 5.92. The van der Waals surface area contributed by atoms with Crippen LogP contribution in [0.2, 0.25) is 0 Å². The van der Waals surface area contributed by atoms with Crippen molar-refractivity contribution in [2.75, 3.05) is 7.11 Å². The molecule has 3 atom stereocenters. The van der Waals surface area contributed by atoms with Gasteiger partial charge in [-0.25, -0.2) is 0 Å². The van der Waals surface area contributed by atoms with Gasteiger partial charge in [-0.2, -0.15) is 5.26 Å². The Morgan fingerprint density at radius 1 is 1.87 bits per heavy atom. The number of methoxy groups -OCH3 is 1. The lowest BCUT2D eigenvalue weighted by molar-refractivity contribution is -0.142. The quantitative estimate of drug-likeness (QED) is 0.651. The average molecular weight is 211 g/mol. The number of hydrogen-bond acceptors (Lipinski definition) is 6. The minimum absolute atomic E-state index is 0.282. The molecule has 0 saturated carbocycles. The summed E-state index contributed by atoms with van der Waals surface area (Å²) >= 11 is 0. The van der Waals surface area contributed by atoms with Gasteiger partial charge in [0.05, 0.1) is 12.8 Å². The Bertz CT molecular complexity index is 321. The van der Waals surface area contributed by atoms with Crippen molar-refractivity contribution in [2.45, 2.75) is 25.5 Å². The first-order valence-corrected chi connectivity index (χ1v) is 4.55. The Hall–Kier alpha value is -1.61. The average Bonchev–Trinajstić information content (AvgIpc) is 2.74. The standard InChI is InChI=1S/C9H13N3O3/c1-5(8(11)9(13)14-2)7-3-6(4-10)15-12-7/h5-6,8H,3,11H2,1-2H3/t5-,6+,8-/m1/s1. The van der Waals surface area contributed by atoms with Gasteiger partial charge in [-0.05, 0) is 0 Å². The number of hydrogen-bond donors (Lipinski definition) is 1.